The first kappa shape index (κ1) is 17.9. The second-order valence-corrected chi connectivity index (χ2v) is 6.27. The Balaban J connectivity index is 4.15. The van der Waals surface area contributed by atoms with Gasteiger partial charge in [0.05, 0.1) is 0 Å². The molecule has 0 radical (unpaired) electrons. The monoisotopic (exact) mass is 273 g/mol. The fraction of sp³-hybridized carbons (Fsp3) is 0.857. The Morgan fingerprint density at radius 3 is 2.05 bits per heavy atom. The molecule has 0 saturated carbocycles. The van der Waals surface area contributed by atoms with Gasteiger partial charge in [0.2, 0.25) is 0 Å². The molecular weight excluding hydrogens is 246 g/mol. The average Bonchev–Trinajstić information content (AvgIpc) is 2.22. The van der Waals surface area contributed by atoms with Crippen LogP contribution < -0.4 is 5.73 Å². The van der Waals surface area contributed by atoms with E-state index in [2.05, 4.69) is 0 Å². The van der Waals surface area contributed by atoms with Crippen LogP contribution in [0.2, 0.25) is 0 Å². The third kappa shape index (κ3) is 8.59. The van der Waals surface area contributed by atoms with Gasteiger partial charge in [-0.15, -0.1) is 0 Å². The summed E-state index contributed by atoms with van der Waals surface area (Å²) in [4.78, 5) is 23.2. The molecule has 0 fully saturated rings. The van der Waals surface area contributed by atoms with Crippen LogP contribution in [0.15, 0.2) is 0 Å². The molecule has 0 aliphatic rings. The summed E-state index contributed by atoms with van der Waals surface area (Å²) in [5, 5.41) is 0. The van der Waals surface area contributed by atoms with E-state index < -0.39 is 23.2 Å². The summed E-state index contributed by atoms with van der Waals surface area (Å²) in [6.07, 6.45) is 1.05. The normalized spacial score (nSPS) is 13.8. The van der Waals surface area contributed by atoms with E-state index in [1.54, 1.807) is 20.8 Å². The van der Waals surface area contributed by atoms with Gasteiger partial charge in [-0.05, 0) is 47.5 Å². The predicted molar refractivity (Wildman–Crippen MR) is 73.5 cm³/mol. The summed E-state index contributed by atoms with van der Waals surface area (Å²) in [6.45, 7) is 11.0. The fourth-order valence-corrected chi connectivity index (χ4v) is 1.20. The summed E-state index contributed by atoms with van der Waals surface area (Å²) in [5.41, 5.74) is 4.66. The van der Waals surface area contributed by atoms with Crippen LogP contribution in [0.5, 0.6) is 0 Å². The zero-order valence-corrected chi connectivity index (χ0v) is 12.9. The SMILES string of the molecule is CCC(C)(C)OC(=O)C(N)CCC(=O)OC(C)(C)C. The van der Waals surface area contributed by atoms with Gasteiger partial charge in [-0.25, -0.2) is 0 Å². The Hall–Kier alpha value is -1.10. The van der Waals surface area contributed by atoms with Crippen molar-refractivity contribution in [1.29, 1.82) is 0 Å². The van der Waals surface area contributed by atoms with Crippen molar-refractivity contribution in [3.05, 3.63) is 0 Å². The lowest BCUT2D eigenvalue weighted by molar-refractivity contribution is -0.159. The summed E-state index contributed by atoms with van der Waals surface area (Å²) >= 11 is 0. The number of ether oxygens (including phenoxy) is 2. The average molecular weight is 273 g/mol. The van der Waals surface area contributed by atoms with Gasteiger partial charge in [-0.2, -0.15) is 0 Å². The minimum atomic E-state index is -0.793. The molecule has 5 nitrogen and oxygen atoms in total. The second-order valence-electron chi connectivity index (χ2n) is 6.27. The lowest BCUT2D eigenvalue weighted by Gasteiger charge is -2.25. The van der Waals surface area contributed by atoms with Crippen LogP contribution in [0.4, 0.5) is 0 Å². The molecule has 0 rings (SSSR count). The van der Waals surface area contributed by atoms with E-state index in [9.17, 15) is 9.59 Å². The molecule has 0 aromatic rings. The van der Waals surface area contributed by atoms with Crippen LogP contribution in [0, 0.1) is 0 Å². The minimum absolute atomic E-state index is 0.111. The Bertz CT molecular complexity index is 318. The van der Waals surface area contributed by atoms with Crippen LogP contribution in [0.25, 0.3) is 0 Å². The van der Waals surface area contributed by atoms with Crippen LogP contribution in [-0.2, 0) is 19.1 Å². The summed E-state index contributed by atoms with van der Waals surface area (Å²) in [7, 11) is 0. The van der Waals surface area contributed by atoms with E-state index in [1.807, 2.05) is 20.8 Å². The van der Waals surface area contributed by atoms with Gasteiger partial charge in [0.25, 0.3) is 0 Å². The van der Waals surface area contributed by atoms with Crippen LogP contribution >= 0.6 is 0 Å². The number of carbonyl (C=O) groups excluding carboxylic acids is 2. The highest BCUT2D eigenvalue weighted by atomic mass is 16.6. The van der Waals surface area contributed by atoms with E-state index in [4.69, 9.17) is 15.2 Å². The van der Waals surface area contributed by atoms with E-state index in [-0.39, 0.29) is 18.8 Å². The van der Waals surface area contributed by atoms with Crippen LogP contribution in [-0.4, -0.2) is 29.2 Å². The van der Waals surface area contributed by atoms with Gasteiger partial charge in [-0.3, -0.25) is 9.59 Å². The Labute approximate surface area is 115 Å². The van der Waals surface area contributed by atoms with Crippen LogP contribution in [0.3, 0.4) is 0 Å². The maximum absolute atomic E-state index is 11.7. The Kier molecular flexibility index (Phi) is 6.49. The van der Waals surface area contributed by atoms with Gasteiger partial charge in [0, 0.05) is 6.42 Å². The maximum Gasteiger partial charge on any atom is 0.323 e. The van der Waals surface area contributed by atoms with Crippen molar-refractivity contribution in [2.24, 2.45) is 5.73 Å². The molecule has 1 unspecified atom stereocenters. The molecule has 0 amide bonds. The predicted octanol–water partition coefficient (Wildman–Crippen LogP) is 2.17. The number of rotatable bonds is 6. The Morgan fingerprint density at radius 2 is 1.63 bits per heavy atom. The molecule has 0 spiro atoms. The van der Waals surface area contributed by atoms with Crippen molar-refractivity contribution in [3.8, 4) is 0 Å². The molecule has 5 heteroatoms. The van der Waals surface area contributed by atoms with Crippen molar-refractivity contribution in [1.82, 2.24) is 0 Å². The van der Waals surface area contributed by atoms with Crippen molar-refractivity contribution in [3.63, 3.8) is 0 Å². The number of nitrogens with two attached hydrogens (primary N) is 1. The molecule has 19 heavy (non-hydrogen) atoms. The highest BCUT2D eigenvalue weighted by Gasteiger charge is 2.25. The number of esters is 2. The first-order valence-corrected chi connectivity index (χ1v) is 6.67. The van der Waals surface area contributed by atoms with Gasteiger partial charge < -0.3 is 15.2 Å². The third-order valence-electron chi connectivity index (χ3n) is 2.61. The lowest BCUT2D eigenvalue weighted by atomic mass is 10.1. The van der Waals surface area contributed by atoms with E-state index in [0.29, 0.717) is 6.42 Å². The fourth-order valence-electron chi connectivity index (χ4n) is 1.20. The molecule has 112 valence electrons. The maximum atomic E-state index is 11.7. The van der Waals surface area contributed by atoms with Gasteiger partial charge in [0.15, 0.2) is 0 Å². The van der Waals surface area contributed by atoms with Crippen LogP contribution in [0.1, 0.15) is 60.8 Å². The number of hydrogen-bond donors (Lipinski definition) is 1. The largest absolute Gasteiger partial charge is 0.460 e. The van der Waals surface area contributed by atoms with Crippen molar-refractivity contribution in [2.45, 2.75) is 78.0 Å². The molecular formula is C14H27NO4. The summed E-state index contributed by atoms with van der Waals surface area (Å²) in [5.74, 6) is -0.832. The zero-order valence-electron chi connectivity index (χ0n) is 12.9. The van der Waals surface area contributed by atoms with Gasteiger partial charge >= 0.3 is 11.9 Å². The standard InChI is InChI=1S/C14H27NO4/c1-7-14(5,6)19-12(17)10(15)8-9-11(16)18-13(2,3)4/h10H,7-9,15H2,1-6H3. The number of hydrogen-bond acceptors (Lipinski definition) is 5. The highest BCUT2D eigenvalue weighted by Crippen LogP contribution is 2.15. The summed E-state index contributed by atoms with van der Waals surface area (Å²) < 4.78 is 10.4. The quantitative estimate of drug-likeness (QED) is 0.750. The molecule has 0 aliphatic carbocycles. The molecule has 1 atom stereocenters. The second kappa shape index (κ2) is 6.89. The van der Waals surface area contributed by atoms with Crippen molar-refractivity contribution in [2.75, 3.05) is 0 Å². The lowest BCUT2D eigenvalue weighted by Crippen LogP contribution is -2.39. The van der Waals surface area contributed by atoms with E-state index in [1.165, 1.54) is 0 Å². The molecule has 0 aromatic heterocycles. The minimum Gasteiger partial charge on any atom is -0.460 e. The first-order valence-electron chi connectivity index (χ1n) is 6.67. The molecule has 0 aliphatic heterocycles. The first-order chi connectivity index (χ1) is 8.47. The van der Waals surface area contributed by atoms with E-state index in [0.717, 1.165) is 0 Å². The van der Waals surface area contributed by atoms with E-state index >= 15 is 0 Å². The van der Waals surface area contributed by atoms with Gasteiger partial charge in [0.1, 0.15) is 17.2 Å². The smallest absolute Gasteiger partial charge is 0.323 e. The molecule has 0 heterocycles. The highest BCUT2D eigenvalue weighted by molar-refractivity contribution is 5.77. The molecule has 0 bridgehead atoms. The van der Waals surface area contributed by atoms with Crippen molar-refractivity contribution >= 4 is 11.9 Å². The molecule has 0 saturated heterocycles. The summed E-state index contributed by atoms with van der Waals surface area (Å²) in [6, 6.07) is -0.793. The Morgan fingerprint density at radius 1 is 1.11 bits per heavy atom. The van der Waals surface area contributed by atoms with Gasteiger partial charge in [-0.1, -0.05) is 6.92 Å². The third-order valence-corrected chi connectivity index (χ3v) is 2.61. The molecule has 0 aromatic carbocycles. The topological polar surface area (TPSA) is 78.6 Å². The number of carbonyl (C=O) groups is 2. The van der Waals surface area contributed by atoms with Crippen molar-refractivity contribution < 1.29 is 19.1 Å². The zero-order chi connectivity index (χ0) is 15.3. The molecule has 2 N–H and O–H groups in total.